The second-order valence-electron chi connectivity index (χ2n) is 2.99. The van der Waals surface area contributed by atoms with E-state index in [0.29, 0.717) is 11.3 Å². The van der Waals surface area contributed by atoms with E-state index in [-0.39, 0.29) is 10.6 Å². The standard InChI is InChI=1S/C10H9BrO3/c1-13-5-3-4-6(14-2)8-7(5)9(11)10(8)12/h3-4,9H,1-2H3. The molecule has 1 unspecified atom stereocenters. The third-order valence-corrected chi connectivity index (χ3v) is 3.21. The fraction of sp³-hybridized carbons (Fsp3) is 0.300. The summed E-state index contributed by atoms with van der Waals surface area (Å²) in [6.45, 7) is 0. The quantitative estimate of drug-likeness (QED) is 0.763. The van der Waals surface area contributed by atoms with E-state index < -0.39 is 0 Å². The molecule has 0 saturated carbocycles. The van der Waals surface area contributed by atoms with Crippen molar-refractivity contribution in [2.45, 2.75) is 4.83 Å². The number of halogens is 1. The van der Waals surface area contributed by atoms with Crippen LogP contribution in [0.3, 0.4) is 0 Å². The topological polar surface area (TPSA) is 35.5 Å². The fourth-order valence-electron chi connectivity index (χ4n) is 1.61. The molecule has 1 aromatic carbocycles. The molecule has 74 valence electrons. The molecule has 0 fully saturated rings. The van der Waals surface area contributed by atoms with Crippen molar-refractivity contribution in [1.82, 2.24) is 0 Å². The molecular formula is C10H9BrO3. The third-order valence-electron chi connectivity index (χ3n) is 2.34. The predicted molar refractivity (Wildman–Crippen MR) is 55.5 cm³/mol. The Hall–Kier alpha value is -1.03. The maximum absolute atomic E-state index is 11.5. The van der Waals surface area contributed by atoms with Gasteiger partial charge in [0, 0.05) is 5.56 Å². The first-order chi connectivity index (χ1) is 6.70. The first-order valence-electron chi connectivity index (χ1n) is 4.14. The molecule has 0 N–H and O–H groups in total. The smallest absolute Gasteiger partial charge is 0.185 e. The summed E-state index contributed by atoms with van der Waals surface area (Å²) >= 11 is 3.29. The molecule has 0 heterocycles. The van der Waals surface area contributed by atoms with Crippen LogP contribution in [0.15, 0.2) is 12.1 Å². The van der Waals surface area contributed by atoms with Crippen molar-refractivity contribution in [1.29, 1.82) is 0 Å². The maximum atomic E-state index is 11.5. The van der Waals surface area contributed by atoms with Gasteiger partial charge in [0.2, 0.25) is 0 Å². The van der Waals surface area contributed by atoms with E-state index >= 15 is 0 Å². The average Bonchev–Trinajstić information content (AvgIpc) is 2.25. The van der Waals surface area contributed by atoms with Crippen LogP contribution in [0, 0.1) is 0 Å². The molecule has 1 aliphatic carbocycles. The van der Waals surface area contributed by atoms with Crippen molar-refractivity contribution in [3.8, 4) is 11.5 Å². The highest BCUT2D eigenvalue weighted by atomic mass is 79.9. The zero-order chi connectivity index (χ0) is 10.3. The molecule has 0 saturated heterocycles. The molecule has 14 heavy (non-hydrogen) atoms. The molecule has 0 aliphatic heterocycles. The number of Topliss-reactive ketones (excluding diaryl/α,β-unsaturated/α-hetero) is 1. The normalized spacial score (nSPS) is 18.5. The average molecular weight is 257 g/mol. The van der Waals surface area contributed by atoms with Crippen LogP contribution >= 0.6 is 15.9 Å². The minimum Gasteiger partial charge on any atom is -0.496 e. The van der Waals surface area contributed by atoms with E-state index in [2.05, 4.69) is 15.9 Å². The lowest BCUT2D eigenvalue weighted by Gasteiger charge is -2.27. The fourth-order valence-corrected chi connectivity index (χ4v) is 2.30. The van der Waals surface area contributed by atoms with E-state index in [1.807, 2.05) is 0 Å². The number of rotatable bonds is 2. The number of fused-ring (bicyclic) bond motifs is 1. The van der Waals surface area contributed by atoms with Gasteiger partial charge in [0.15, 0.2) is 5.78 Å². The largest absolute Gasteiger partial charge is 0.496 e. The number of methoxy groups -OCH3 is 2. The van der Waals surface area contributed by atoms with Gasteiger partial charge in [-0.25, -0.2) is 0 Å². The van der Waals surface area contributed by atoms with Crippen LogP contribution in [0.4, 0.5) is 0 Å². The van der Waals surface area contributed by atoms with E-state index in [4.69, 9.17) is 9.47 Å². The van der Waals surface area contributed by atoms with Gasteiger partial charge in [-0.1, -0.05) is 15.9 Å². The highest BCUT2D eigenvalue weighted by Gasteiger charge is 2.40. The summed E-state index contributed by atoms with van der Waals surface area (Å²) in [5.74, 6) is 1.39. The molecule has 2 rings (SSSR count). The Morgan fingerprint density at radius 2 is 1.79 bits per heavy atom. The van der Waals surface area contributed by atoms with Gasteiger partial charge in [-0.3, -0.25) is 4.79 Å². The molecule has 1 aliphatic rings. The summed E-state index contributed by atoms with van der Waals surface area (Å²) in [7, 11) is 3.14. The first kappa shape index (κ1) is 9.52. The molecular weight excluding hydrogens is 248 g/mol. The number of ether oxygens (including phenoxy) is 2. The number of carbonyl (C=O) groups excluding carboxylic acids is 1. The second-order valence-corrected chi connectivity index (χ2v) is 3.90. The van der Waals surface area contributed by atoms with Crippen molar-refractivity contribution in [3.63, 3.8) is 0 Å². The summed E-state index contributed by atoms with van der Waals surface area (Å²) < 4.78 is 10.3. The number of carbonyl (C=O) groups is 1. The van der Waals surface area contributed by atoms with Crippen LogP contribution in [0.25, 0.3) is 0 Å². The van der Waals surface area contributed by atoms with E-state index in [0.717, 1.165) is 11.3 Å². The lowest BCUT2D eigenvalue weighted by molar-refractivity contribution is 0.0960. The summed E-state index contributed by atoms with van der Waals surface area (Å²) in [6, 6.07) is 3.55. The molecule has 0 radical (unpaired) electrons. The Kier molecular flexibility index (Phi) is 2.23. The highest BCUT2D eigenvalue weighted by molar-refractivity contribution is 9.09. The number of hydrogen-bond donors (Lipinski definition) is 0. The Labute approximate surface area is 90.1 Å². The molecule has 0 amide bonds. The Morgan fingerprint density at radius 1 is 1.21 bits per heavy atom. The van der Waals surface area contributed by atoms with E-state index in [1.165, 1.54) is 0 Å². The molecule has 1 aromatic rings. The molecule has 0 aromatic heterocycles. The minimum absolute atomic E-state index is 0.0516. The first-order valence-corrected chi connectivity index (χ1v) is 5.05. The lowest BCUT2D eigenvalue weighted by atomic mass is 9.85. The molecule has 0 bridgehead atoms. The summed E-state index contributed by atoms with van der Waals surface area (Å²) in [5, 5.41) is 0. The van der Waals surface area contributed by atoms with Gasteiger partial charge in [-0.05, 0) is 12.1 Å². The minimum atomic E-state index is -0.248. The van der Waals surface area contributed by atoms with Crippen LogP contribution in [-0.2, 0) is 0 Å². The van der Waals surface area contributed by atoms with Gasteiger partial charge in [0.1, 0.15) is 16.3 Å². The number of ketones is 1. The van der Waals surface area contributed by atoms with Crippen molar-refractivity contribution in [3.05, 3.63) is 23.3 Å². The van der Waals surface area contributed by atoms with Crippen molar-refractivity contribution >= 4 is 21.7 Å². The van der Waals surface area contributed by atoms with Gasteiger partial charge in [0.25, 0.3) is 0 Å². The Bertz CT molecular complexity index is 401. The van der Waals surface area contributed by atoms with Gasteiger partial charge in [-0.2, -0.15) is 0 Å². The van der Waals surface area contributed by atoms with Crippen LogP contribution in [0.1, 0.15) is 20.7 Å². The van der Waals surface area contributed by atoms with Gasteiger partial charge >= 0.3 is 0 Å². The third kappa shape index (κ3) is 1.07. The zero-order valence-corrected chi connectivity index (χ0v) is 9.42. The monoisotopic (exact) mass is 256 g/mol. The van der Waals surface area contributed by atoms with Crippen LogP contribution in [-0.4, -0.2) is 20.0 Å². The summed E-state index contributed by atoms with van der Waals surface area (Å²) in [5.41, 5.74) is 1.52. The Balaban J connectivity index is 2.61. The predicted octanol–water partition coefficient (Wildman–Crippen LogP) is 2.34. The van der Waals surface area contributed by atoms with Crippen molar-refractivity contribution < 1.29 is 14.3 Å². The van der Waals surface area contributed by atoms with Gasteiger partial charge < -0.3 is 9.47 Å². The van der Waals surface area contributed by atoms with Crippen LogP contribution < -0.4 is 9.47 Å². The van der Waals surface area contributed by atoms with Crippen molar-refractivity contribution in [2.75, 3.05) is 14.2 Å². The molecule has 4 heteroatoms. The van der Waals surface area contributed by atoms with Gasteiger partial charge in [0.05, 0.1) is 19.8 Å². The zero-order valence-electron chi connectivity index (χ0n) is 7.83. The lowest BCUT2D eigenvalue weighted by Crippen LogP contribution is -2.23. The number of alkyl halides is 1. The molecule has 1 atom stereocenters. The van der Waals surface area contributed by atoms with Crippen LogP contribution in [0.2, 0.25) is 0 Å². The maximum Gasteiger partial charge on any atom is 0.185 e. The summed E-state index contributed by atoms with van der Waals surface area (Å²) in [4.78, 5) is 11.3. The van der Waals surface area contributed by atoms with Crippen molar-refractivity contribution in [2.24, 2.45) is 0 Å². The highest BCUT2D eigenvalue weighted by Crippen LogP contribution is 2.49. The Morgan fingerprint density at radius 3 is 2.36 bits per heavy atom. The van der Waals surface area contributed by atoms with E-state index in [1.54, 1.807) is 26.4 Å². The second kappa shape index (κ2) is 3.28. The van der Waals surface area contributed by atoms with Crippen LogP contribution in [0.5, 0.6) is 11.5 Å². The van der Waals surface area contributed by atoms with E-state index in [9.17, 15) is 4.79 Å². The SMILES string of the molecule is COc1ccc(OC)c2c1C(=O)C2Br. The van der Waals surface area contributed by atoms with Gasteiger partial charge in [-0.15, -0.1) is 0 Å². The molecule has 0 spiro atoms. The summed E-state index contributed by atoms with van der Waals surface area (Å²) in [6.07, 6.45) is 0. The number of benzene rings is 1. The number of hydrogen-bond acceptors (Lipinski definition) is 3. The molecule has 3 nitrogen and oxygen atoms in total.